The monoisotopic (exact) mass is 605 g/mol. The quantitative estimate of drug-likeness (QED) is 0.125. The lowest BCUT2D eigenvalue weighted by Gasteiger charge is -2.41. The highest BCUT2D eigenvalue weighted by molar-refractivity contribution is 6.21. The van der Waals surface area contributed by atoms with Crippen molar-refractivity contribution in [2.45, 2.75) is 87.3 Å². The maximum atomic E-state index is 15.0. The third-order valence-electron chi connectivity index (χ3n) is 9.80. The lowest BCUT2D eigenvalue weighted by atomic mass is 9.83. The van der Waals surface area contributed by atoms with Crippen molar-refractivity contribution < 1.29 is 29.2 Å². The number of aliphatic hydroxyl groups excluding tert-OH is 3. The van der Waals surface area contributed by atoms with Gasteiger partial charge in [0.1, 0.15) is 12.5 Å². The Balaban J connectivity index is 1.06. The lowest BCUT2D eigenvalue weighted by molar-refractivity contribution is -0.132. The number of carbonyl (C=O) groups excluding carboxylic acids is 1. The zero-order valence-corrected chi connectivity index (χ0v) is 25.2. The molecule has 4 fully saturated rings. The topological polar surface area (TPSA) is 130 Å². The molecule has 4 aliphatic rings. The van der Waals surface area contributed by atoms with E-state index in [1.165, 1.54) is 12.8 Å². The predicted octanol–water partition coefficient (Wildman–Crippen LogP) is 0.630. The van der Waals surface area contributed by atoms with Crippen LogP contribution in [0.5, 0.6) is 0 Å². The second kappa shape index (κ2) is 16.4. The molecule has 0 spiro atoms. The number of amides is 1. The molecule has 41 heavy (non-hydrogen) atoms. The normalized spacial score (nSPS) is 32.5. The van der Waals surface area contributed by atoms with Gasteiger partial charge < -0.3 is 30.3 Å². The number of halogens is 2. The Morgan fingerprint density at radius 2 is 1.68 bits per heavy atom. The summed E-state index contributed by atoms with van der Waals surface area (Å²) in [5, 5.41) is 38.6. The van der Waals surface area contributed by atoms with E-state index in [-0.39, 0.29) is 61.8 Å². The highest BCUT2D eigenvalue weighted by Crippen LogP contribution is 2.33. The van der Waals surface area contributed by atoms with Crippen molar-refractivity contribution in [1.82, 2.24) is 25.8 Å². The maximum Gasteiger partial charge on any atom is 0.222 e. The standard InChI is InChI=1S/C29H53ClFN5O5/c30-24-15-32-28(33-16-24)35-8-5-21(6-9-35)2-1-11-41-25-4-3-23(26(31)13-25)12-27(40)36-10-7-22(17-36)14-34-29(18-37,19-38)20-39/h21-26,28,32-34,37-39H,1-20H2/t22-,23?,24?,25?,26?,28?/m0/s1. The summed E-state index contributed by atoms with van der Waals surface area (Å²) in [5.74, 6) is 0.643. The van der Waals surface area contributed by atoms with Crippen molar-refractivity contribution >= 4 is 17.5 Å². The lowest BCUT2D eigenvalue weighted by Crippen LogP contribution is -2.62. The van der Waals surface area contributed by atoms with Crippen LogP contribution in [-0.2, 0) is 9.53 Å². The van der Waals surface area contributed by atoms with Crippen molar-refractivity contribution in [1.29, 1.82) is 0 Å². The van der Waals surface area contributed by atoms with Gasteiger partial charge in [0.15, 0.2) is 0 Å². The summed E-state index contributed by atoms with van der Waals surface area (Å²) in [5.41, 5.74) is -1.11. The molecule has 4 rings (SSSR count). The summed E-state index contributed by atoms with van der Waals surface area (Å²) in [6, 6.07) is 0. The maximum absolute atomic E-state index is 15.0. The molecule has 4 atom stereocenters. The summed E-state index contributed by atoms with van der Waals surface area (Å²) in [6.07, 6.45) is 6.61. The number of nitrogens with one attached hydrogen (secondary N) is 3. The van der Waals surface area contributed by atoms with Crippen molar-refractivity contribution in [3.8, 4) is 0 Å². The van der Waals surface area contributed by atoms with Crippen molar-refractivity contribution in [3.63, 3.8) is 0 Å². The van der Waals surface area contributed by atoms with Gasteiger partial charge in [0.2, 0.25) is 5.91 Å². The number of ether oxygens (including phenoxy) is 1. The molecule has 3 heterocycles. The van der Waals surface area contributed by atoms with Gasteiger partial charge in [0.05, 0.1) is 36.8 Å². The number of hydrogen-bond acceptors (Lipinski definition) is 9. The van der Waals surface area contributed by atoms with Gasteiger partial charge in [-0.3, -0.25) is 20.3 Å². The van der Waals surface area contributed by atoms with Gasteiger partial charge in [0.25, 0.3) is 0 Å². The molecule has 1 amide bonds. The highest BCUT2D eigenvalue weighted by atomic mass is 35.5. The van der Waals surface area contributed by atoms with Crippen LogP contribution in [0.2, 0.25) is 0 Å². The number of likely N-dealkylation sites (tertiary alicyclic amines) is 2. The van der Waals surface area contributed by atoms with Crippen LogP contribution in [0.1, 0.15) is 57.8 Å². The molecule has 0 aromatic carbocycles. The van der Waals surface area contributed by atoms with Crippen LogP contribution in [0.25, 0.3) is 0 Å². The first-order valence-electron chi connectivity index (χ1n) is 15.8. The summed E-state index contributed by atoms with van der Waals surface area (Å²) >= 11 is 6.16. The zero-order valence-electron chi connectivity index (χ0n) is 24.5. The van der Waals surface area contributed by atoms with E-state index in [0.717, 1.165) is 57.8 Å². The Morgan fingerprint density at radius 1 is 1.00 bits per heavy atom. The third-order valence-corrected chi connectivity index (χ3v) is 10.1. The SMILES string of the molecule is O=C(CC1CCC(OCCCC2CCN(C3NCC(Cl)CN3)CC2)CC1F)N1CC[C@@H](CNC(CO)(CO)CO)C1. The van der Waals surface area contributed by atoms with E-state index in [2.05, 4.69) is 20.9 Å². The minimum Gasteiger partial charge on any atom is -0.394 e. The molecule has 6 N–H and O–H groups in total. The molecule has 1 aliphatic carbocycles. The van der Waals surface area contributed by atoms with Crippen LogP contribution in [0.15, 0.2) is 0 Å². The average Bonchev–Trinajstić information content (AvgIpc) is 3.48. The third kappa shape index (κ3) is 9.68. The number of piperidine rings is 1. The molecule has 12 heteroatoms. The van der Waals surface area contributed by atoms with Crippen LogP contribution in [0.4, 0.5) is 4.39 Å². The van der Waals surface area contributed by atoms with Crippen molar-refractivity contribution in [3.05, 3.63) is 0 Å². The highest BCUT2D eigenvalue weighted by Gasteiger charge is 2.36. The largest absolute Gasteiger partial charge is 0.394 e. The summed E-state index contributed by atoms with van der Waals surface area (Å²) in [6.45, 7) is 5.12. The van der Waals surface area contributed by atoms with E-state index in [4.69, 9.17) is 16.3 Å². The van der Waals surface area contributed by atoms with Gasteiger partial charge >= 0.3 is 0 Å². The molecule has 1 saturated carbocycles. The first-order valence-corrected chi connectivity index (χ1v) is 16.2. The molecule has 3 unspecified atom stereocenters. The second-order valence-corrected chi connectivity index (χ2v) is 13.5. The molecule has 238 valence electrons. The van der Waals surface area contributed by atoms with Crippen LogP contribution in [-0.4, -0.2) is 133 Å². The molecule has 3 saturated heterocycles. The summed E-state index contributed by atoms with van der Waals surface area (Å²) in [4.78, 5) is 17.2. The molecular formula is C29H53ClFN5O5. The van der Waals surface area contributed by atoms with Gasteiger partial charge in [-0.15, -0.1) is 11.6 Å². The Labute approximate surface area is 249 Å². The van der Waals surface area contributed by atoms with E-state index in [1.807, 2.05) is 4.90 Å². The van der Waals surface area contributed by atoms with Crippen LogP contribution in [0, 0.1) is 17.8 Å². The zero-order chi connectivity index (χ0) is 29.2. The van der Waals surface area contributed by atoms with Crippen LogP contribution < -0.4 is 16.0 Å². The van der Waals surface area contributed by atoms with Gasteiger partial charge in [-0.05, 0) is 62.7 Å². The molecule has 10 nitrogen and oxygen atoms in total. The van der Waals surface area contributed by atoms with E-state index < -0.39 is 11.7 Å². The fourth-order valence-electron chi connectivity index (χ4n) is 6.78. The van der Waals surface area contributed by atoms with E-state index >= 15 is 4.39 Å². The Morgan fingerprint density at radius 3 is 2.34 bits per heavy atom. The smallest absolute Gasteiger partial charge is 0.222 e. The summed E-state index contributed by atoms with van der Waals surface area (Å²) < 4.78 is 21.1. The molecular weight excluding hydrogens is 553 g/mol. The Kier molecular flexibility index (Phi) is 13.3. The minimum absolute atomic E-state index is 0.00148. The number of carbonyl (C=O) groups is 1. The Hall–Kier alpha value is -0.630. The predicted molar refractivity (Wildman–Crippen MR) is 156 cm³/mol. The van der Waals surface area contributed by atoms with Gasteiger partial charge in [0, 0.05) is 65.3 Å². The van der Waals surface area contributed by atoms with Gasteiger partial charge in [-0.25, -0.2) is 4.39 Å². The number of nitrogens with zero attached hydrogens (tertiary/aromatic N) is 2. The summed E-state index contributed by atoms with van der Waals surface area (Å²) in [7, 11) is 0. The Bertz CT molecular complexity index is 774. The first kappa shape index (κ1) is 33.3. The molecule has 0 aromatic heterocycles. The van der Waals surface area contributed by atoms with E-state index in [9.17, 15) is 20.1 Å². The number of hydrogen-bond donors (Lipinski definition) is 6. The fraction of sp³-hybridized carbons (Fsp3) is 0.966. The second-order valence-electron chi connectivity index (χ2n) is 12.9. The molecule has 0 aromatic rings. The average molecular weight is 606 g/mol. The number of alkyl halides is 2. The van der Waals surface area contributed by atoms with E-state index in [1.54, 1.807) is 0 Å². The molecule has 3 aliphatic heterocycles. The minimum atomic E-state index is -1.11. The number of aliphatic hydroxyl groups is 3. The molecule has 0 radical (unpaired) electrons. The van der Waals surface area contributed by atoms with Crippen LogP contribution in [0.3, 0.4) is 0 Å². The number of rotatable bonds is 14. The van der Waals surface area contributed by atoms with Gasteiger partial charge in [-0.1, -0.05) is 0 Å². The van der Waals surface area contributed by atoms with Gasteiger partial charge in [-0.2, -0.15) is 0 Å². The van der Waals surface area contributed by atoms with E-state index in [0.29, 0.717) is 39.1 Å². The first-order chi connectivity index (χ1) is 19.8. The molecule has 0 bridgehead atoms. The fourth-order valence-corrected chi connectivity index (χ4v) is 6.96. The van der Waals surface area contributed by atoms with Crippen molar-refractivity contribution in [2.75, 3.05) is 72.2 Å². The van der Waals surface area contributed by atoms with Crippen molar-refractivity contribution in [2.24, 2.45) is 17.8 Å². The van der Waals surface area contributed by atoms with Crippen LogP contribution >= 0.6 is 11.6 Å².